The molecule has 0 unspecified atom stereocenters. The first kappa shape index (κ1) is 5.61. The lowest BCUT2D eigenvalue weighted by Crippen LogP contribution is -1.90. The molecule has 1 aromatic heterocycles. The van der Waals surface area contributed by atoms with Gasteiger partial charge in [0.05, 0.1) is 6.20 Å². The van der Waals surface area contributed by atoms with Gasteiger partial charge in [0.2, 0.25) is 6.20 Å². The minimum Gasteiger partial charge on any atom is -0.358 e. The van der Waals surface area contributed by atoms with Gasteiger partial charge in [0.25, 0.3) is 0 Å². The summed E-state index contributed by atoms with van der Waals surface area (Å²) in [6.45, 7) is 0. The molecule has 0 bridgehead atoms. The summed E-state index contributed by atoms with van der Waals surface area (Å²) in [5, 5.41) is 9.88. The van der Waals surface area contributed by atoms with E-state index in [1.165, 1.54) is 6.20 Å². The van der Waals surface area contributed by atoms with Gasteiger partial charge in [-0.3, -0.25) is 4.98 Å². The van der Waals surface area contributed by atoms with Crippen molar-refractivity contribution in [2.45, 2.75) is 0 Å². The fourth-order valence-electron chi connectivity index (χ4n) is 0.349. The van der Waals surface area contributed by atoms with Crippen LogP contribution in [0.4, 0.5) is 5.82 Å². The van der Waals surface area contributed by atoms with Crippen molar-refractivity contribution >= 4 is 5.82 Å². The van der Waals surface area contributed by atoms with E-state index in [9.17, 15) is 10.1 Å². The average Bonchev–Trinajstić information content (AvgIpc) is 1.90. The summed E-state index contributed by atoms with van der Waals surface area (Å²) in [7, 11) is 0. The molecule has 0 N–H and O–H groups in total. The van der Waals surface area contributed by atoms with Crippen LogP contribution in [0.5, 0.6) is 0 Å². The second-order valence-corrected chi connectivity index (χ2v) is 1.26. The lowest BCUT2D eigenvalue weighted by atomic mass is 10.7. The minimum absolute atomic E-state index is 0.280. The topological polar surface area (TPSA) is 68.9 Å². The normalized spacial score (nSPS) is 8.89. The molecule has 0 saturated carbocycles. The maximum Gasteiger partial charge on any atom is 0.382 e. The molecule has 5 nitrogen and oxygen atoms in total. The molecule has 9 heavy (non-hydrogen) atoms. The van der Waals surface area contributed by atoms with Crippen LogP contribution in [-0.4, -0.2) is 14.9 Å². The zero-order valence-corrected chi connectivity index (χ0v) is 4.31. The van der Waals surface area contributed by atoms with Crippen molar-refractivity contribution in [3.8, 4) is 0 Å². The Balaban J connectivity index is 2.98. The number of hydrogen-bond acceptors (Lipinski definition) is 4. The average molecular weight is 124 g/mol. The van der Waals surface area contributed by atoms with Crippen LogP contribution in [0.25, 0.3) is 0 Å². The van der Waals surface area contributed by atoms with Crippen LogP contribution in [0.2, 0.25) is 0 Å². The zero-order valence-electron chi connectivity index (χ0n) is 4.31. The fraction of sp³-hybridized carbons (Fsp3) is 0. The Bertz CT molecular complexity index is 210. The van der Waals surface area contributed by atoms with E-state index in [0.717, 1.165) is 6.20 Å². The Labute approximate surface area is 50.5 Å². The second-order valence-electron chi connectivity index (χ2n) is 1.26. The van der Waals surface area contributed by atoms with Gasteiger partial charge in [0.1, 0.15) is 6.20 Å². The SMILES string of the molecule is O=[N+]([O-])c1cnc[c]n1. The first-order chi connectivity index (χ1) is 4.30. The molecule has 1 heterocycles. The van der Waals surface area contributed by atoms with Crippen molar-refractivity contribution in [3.63, 3.8) is 0 Å². The summed E-state index contributed by atoms with van der Waals surface area (Å²) in [6.07, 6.45) is 4.56. The van der Waals surface area contributed by atoms with E-state index in [4.69, 9.17) is 0 Å². The van der Waals surface area contributed by atoms with Crippen LogP contribution in [0.1, 0.15) is 0 Å². The standard InChI is InChI=1S/C4H2N3O2/c8-7(9)4-3-5-1-2-6-4/h1,3H. The van der Waals surface area contributed by atoms with Crippen molar-refractivity contribution < 1.29 is 4.92 Å². The molecular weight excluding hydrogens is 122 g/mol. The third kappa shape index (κ3) is 1.18. The van der Waals surface area contributed by atoms with Crippen molar-refractivity contribution in [2.24, 2.45) is 0 Å². The maximum absolute atomic E-state index is 9.88. The highest BCUT2D eigenvalue weighted by Crippen LogP contribution is 1.98. The maximum atomic E-state index is 9.88. The van der Waals surface area contributed by atoms with E-state index in [0.29, 0.717) is 0 Å². The predicted molar refractivity (Wildman–Crippen MR) is 27.5 cm³/mol. The van der Waals surface area contributed by atoms with Crippen LogP contribution in [-0.2, 0) is 0 Å². The Morgan fingerprint density at radius 3 is 2.89 bits per heavy atom. The first-order valence-corrected chi connectivity index (χ1v) is 2.13. The van der Waals surface area contributed by atoms with Gasteiger partial charge >= 0.3 is 5.82 Å². The molecular formula is C4H2N3O2. The molecule has 0 aliphatic rings. The lowest BCUT2D eigenvalue weighted by Gasteiger charge is -1.85. The number of rotatable bonds is 1. The summed E-state index contributed by atoms with van der Waals surface area (Å²) in [5.74, 6) is -0.280. The van der Waals surface area contributed by atoms with Crippen molar-refractivity contribution in [1.82, 2.24) is 9.97 Å². The van der Waals surface area contributed by atoms with Crippen LogP contribution >= 0.6 is 0 Å². The second kappa shape index (κ2) is 2.17. The minimum atomic E-state index is -0.622. The van der Waals surface area contributed by atoms with E-state index < -0.39 is 4.92 Å². The van der Waals surface area contributed by atoms with Gasteiger partial charge in [0.15, 0.2) is 0 Å². The van der Waals surface area contributed by atoms with Gasteiger partial charge in [0, 0.05) is 0 Å². The molecule has 1 rings (SSSR count). The van der Waals surface area contributed by atoms with Crippen LogP contribution in [0.3, 0.4) is 0 Å². The van der Waals surface area contributed by atoms with E-state index in [2.05, 4.69) is 16.2 Å². The molecule has 0 amide bonds. The molecule has 0 saturated heterocycles. The summed E-state index contributed by atoms with van der Waals surface area (Å²) < 4.78 is 0. The smallest absolute Gasteiger partial charge is 0.358 e. The first-order valence-electron chi connectivity index (χ1n) is 2.13. The zero-order chi connectivity index (χ0) is 6.69. The number of aromatic nitrogens is 2. The third-order valence-corrected chi connectivity index (χ3v) is 0.688. The predicted octanol–water partition coefficient (Wildman–Crippen LogP) is 0.185. The molecule has 0 atom stereocenters. The van der Waals surface area contributed by atoms with Crippen LogP contribution < -0.4 is 0 Å². The lowest BCUT2D eigenvalue weighted by molar-refractivity contribution is -0.389. The van der Waals surface area contributed by atoms with Crippen molar-refractivity contribution in [2.75, 3.05) is 0 Å². The quantitative estimate of drug-likeness (QED) is 0.395. The monoisotopic (exact) mass is 124 g/mol. The van der Waals surface area contributed by atoms with Gasteiger partial charge in [-0.25, -0.2) is 0 Å². The fourth-order valence-corrected chi connectivity index (χ4v) is 0.349. The molecule has 0 spiro atoms. The molecule has 1 aromatic rings. The van der Waals surface area contributed by atoms with E-state index in [1.54, 1.807) is 0 Å². The molecule has 0 aliphatic heterocycles. The van der Waals surface area contributed by atoms with Gasteiger partial charge in [-0.15, -0.1) is 0 Å². The van der Waals surface area contributed by atoms with Gasteiger partial charge in [-0.2, -0.15) is 0 Å². The van der Waals surface area contributed by atoms with Crippen LogP contribution in [0, 0.1) is 16.3 Å². The van der Waals surface area contributed by atoms with Crippen LogP contribution in [0.15, 0.2) is 12.4 Å². The van der Waals surface area contributed by atoms with E-state index >= 15 is 0 Å². The Hall–Kier alpha value is -1.52. The largest absolute Gasteiger partial charge is 0.382 e. The number of hydrogen-bond donors (Lipinski definition) is 0. The van der Waals surface area contributed by atoms with E-state index in [-0.39, 0.29) is 5.82 Å². The highest BCUT2D eigenvalue weighted by atomic mass is 16.6. The molecule has 5 heteroatoms. The summed E-state index contributed by atoms with van der Waals surface area (Å²) in [5.41, 5.74) is 0. The third-order valence-electron chi connectivity index (χ3n) is 0.688. The highest BCUT2D eigenvalue weighted by Gasteiger charge is 2.02. The molecule has 45 valence electrons. The summed E-state index contributed by atoms with van der Waals surface area (Å²) in [4.78, 5) is 16.0. The van der Waals surface area contributed by atoms with Crippen molar-refractivity contribution in [3.05, 3.63) is 28.7 Å². The molecule has 1 radical (unpaired) electrons. The number of nitrogens with zero attached hydrogens (tertiary/aromatic N) is 3. The van der Waals surface area contributed by atoms with E-state index in [1.807, 2.05) is 0 Å². The Morgan fingerprint density at radius 2 is 2.56 bits per heavy atom. The summed E-state index contributed by atoms with van der Waals surface area (Å²) >= 11 is 0. The van der Waals surface area contributed by atoms with Gasteiger partial charge in [-0.1, -0.05) is 0 Å². The molecule has 0 fully saturated rings. The van der Waals surface area contributed by atoms with Gasteiger partial charge in [-0.05, 0) is 9.91 Å². The van der Waals surface area contributed by atoms with Crippen molar-refractivity contribution in [1.29, 1.82) is 0 Å². The molecule has 0 aliphatic carbocycles. The molecule has 0 aromatic carbocycles. The number of nitro groups is 1. The summed E-state index contributed by atoms with van der Waals surface area (Å²) in [6, 6.07) is 0. The van der Waals surface area contributed by atoms with Gasteiger partial charge < -0.3 is 10.1 Å². The Morgan fingerprint density at radius 1 is 1.78 bits per heavy atom. The highest BCUT2D eigenvalue weighted by molar-refractivity contribution is 5.09. The Kier molecular flexibility index (Phi) is 1.35.